The number of halogens is 4. The van der Waals surface area contributed by atoms with Crippen molar-refractivity contribution in [1.82, 2.24) is 20.2 Å². The lowest BCUT2D eigenvalue weighted by atomic mass is 9.97. The fraction of sp³-hybridized carbons (Fsp3) is 0.217. The lowest BCUT2D eigenvalue weighted by molar-refractivity contribution is -0.137. The topological polar surface area (TPSA) is 113 Å². The Bertz CT molecular complexity index is 1400. The monoisotopic (exact) mass is 487 g/mol. The molecule has 3 heterocycles. The van der Waals surface area contributed by atoms with Crippen LogP contribution >= 0.6 is 0 Å². The summed E-state index contributed by atoms with van der Waals surface area (Å²) in [5.74, 6) is -0.293. The number of hydrogen-bond acceptors (Lipinski definition) is 6. The predicted octanol–water partition coefficient (Wildman–Crippen LogP) is 4.32. The smallest absolute Gasteiger partial charge is 0.386 e. The predicted molar refractivity (Wildman–Crippen MR) is 124 cm³/mol. The fourth-order valence-electron chi connectivity index (χ4n) is 4.03. The molecule has 12 heteroatoms. The van der Waals surface area contributed by atoms with Gasteiger partial charge in [-0.1, -0.05) is 6.07 Å². The summed E-state index contributed by atoms with van der Waals surface area (Å²) in [6, 6.07) is 6.17. The Morgan fingerprint density at radius 2 is 1.97 bits per heavy atom. The van der Waals surface area contributed by atoms with Gasteiger partial charge in [-0.2, -0.15) is 18.3 Å². The molecule has 4 aromatic rings. The number of nitrogens with one attached hydrogen (secondary N) is 2. The third kappa shape index (κ3) is 4.46. The summed E-state index contributed by atoms with van der Waals surface area (Å²) in [5.41, 5.74) is 10.6. The summed E-state index contributed by atoms with van der Waals surface area (Å²) in [6.07, 6.45) is -1.30. The molecule has 4 N–H and O–H groups in total. The van der Waals surface area contributed by atoms with E-state index in [2.05, 4.69) is 32.4 Å². The third-order valence-electron chi connectivity index (χ3n) is 5.83. The molecule has 2 aromatic carbocycles. The van der Waals surface area contributed by atoms with Crippen LogP contribution in [0.4, 0.5) is 34.8 Å². The van der Waals surface area contributed by atoms with Crippen molar-refractivity contribution >= 4 is 34.6 Å². The van der Waals surface area contributed by atoms with Gasteiger partial charge in [-0.15, -0.1) is 0 Å². The van der Waals surface area contributed by atoms with Gasteiger partial charge in [0.15, 0.2) is 5.65 Å². The van der Waals surface area contributed by atoms with E-state index in [1.165, 1.54) is 18.9 Å². The molecular formula is C23H21F4N7O. The van der Waals surface area contributed by atoms with Gasteiger partial charge in [0.25, 0.3) is 0 Å². The van der Waals surface area contributed by atoms with E-state index in [1.807, 2.05) is 12.1 Å². The molecule has 1 aliphatic heterocycles. The Balaban J connectivity index is 0.000000191. The fourth-order valence-corrected chi connectivity index (χ4v) is 4.03. The van der Waals surface area contributed by atoms with E-state index >= 15 is 0 Å². The summed E-state index contributed by atoms with van der Waals surface area (Å²) in [7, 11) is 1.36. The van der Waals surface area contributed by atoms with Gasteiger partial charge in [0, 0.05) is 24.8 Å². The maximum absolute atomic E-state index is 12.7. The molecule has 0 aliphatic carbocycles. The lowest BCUT2D eigenvalue weighted by Gasteiger charge is -2.13. The van der Waals surface area contributed by atoms with Crippen LogP contribution in [0.15, 0.2) is 36.7 Å². The minimum atomic E-state index is -4.43. The Morgan fingerprint density at radius 1 is 1.20 bits per heavy atom. The molecule has 1 amide bonds. The zero-order valence-electron chi connectivity index (χ0n) is 18.7. The van der Waals surface area contributed by atoms with Gasteiger partial charge < -0.3 is 16.0 Å². The first-order valence-electron chi connectivity index (χ1n) is 10.5. The maximum Gasteiger partial charge on any atom is 0.416 e. The molecule has 1 aliphatic rings. The molecule has 0 atom stereocenters. The Hall–Kier alpha value is -4.22. The highest BCUT2D eigenvalue weighted by atomic mass is 19.4. The number of nitrogens with two attached hydrogens (primary N) is 1. The van der Waals surface area contributed by atoms with Crippen molar-refractivity contribution in [2.24, 2.45) is 0 Å². The number of nitrogens with zero attached hydrogens (tertiary/aromatic N) is 4. The number of carbonyl (C=O) groups excluding carboxylic acids is 1. The molecule has 0 radical (unpaired) electrons. The van der Waals surface area contributed by atoms with Crippen LogP contribution in [-0.2, 0) is 17.4 Å². The number of aromatic nitrogens is 4. The van der Waals surface area contributed by atoms with Crippen molar-refractivity contribution in [2.45, 2.75) is 19.5 Å². The number of alkyl halides is 3. The zero-order chi connectivity index (χ0) is 25.3. The van der Waals surface area contributed by atoms with Gasteiger partial charge in [-0.05, 0) is 48.7 Å². The second-order valence-corrected chi connectivity index (χ2v) is 7.78. The van der Waals surface area contributed by atoms with Crippen LogP contribution in [0, 0.1) is 12.7 Å². The zero-order valence-corrected chi connectivity index (χ0v) is 18.7. The molecule has 182 valence electrons. The summed E-state index contributed by atoms with van der Waals surface area (Å²) >= 11 is 0. The number of rotatable bonds is 3. The van der Waals surface area contributed by atoms with Gasteiger partial charge in [0.2, 0.25) is 6.41 Å². The lowest BCUT2D eigenvalue weighted by Crippen LogP contribution is -2.17. The molecule has 0 bridgehead atoms. The number of amides is 1. The first kappa shape index (κ1) is 23.9. The van der Waals surface area contributed by atoms with Gasteiger partial charge in [-0.3, -0.25) is 9.89 Å². The van der Waals surface area contributed by atoms with Crippen LogP contribution in [0.5, 0.6) is 0 Å². The SMILES string of the molecule is CNc1cc(C(F)(F)F)ccc1F.Cc1c(-c2[nH]nc3ncnc(N)c23)ccc2c1CCN2C=O. The van der Waals surface area contributed by atoms with E-state index in [1.54, 1.807) is 4.90 Å². The number of aromatic amines is 1. The highest BCUT2D eigenvalue weighted by Gasteiger charge is 2.31. The second kappa shape index (κ2) is 9.20. The molecule has 0 spiro atoms. The molecule has 0 saturated heterocycles. The van der Waals surface area contributed by atoms with Crippen LogP contribution in [-0.4, -0.2) is 40.2 Å². The van der Waals surface area contributed by atoms with Crippen molar-refractivity contribution in [3.05, 3.63) is 59.2 Å². The third-order valence-corrected chi connectivity index (χ3v) is 5.83. The van der Waals surface area contributed by atoms with Crippen LogP contribution < -0.4 is 16.0 Å². The summed E-state index contributed by atoms with van der Waals surface area (Å²) < 4.78 is 49.0. The van der Waals surface area contributed by atoms with E-state index in [0.717, 1.165) is 59.4 Å². The second-order valence-electron chi connectivity index (χ2n) is 7.78. The van der Waals surface area contributed by atoms with Crippen molar-refractivity contribution in [3.8, 4) is 11.3 Å². The largest absolute Gasteiger partial charge is 0.416 e. The Morgan fingerprint density at radius 3 is 2.66 bits per heavy atom. The van der Waals surface area contributed by atoms with Crippen LogP contribution in [0.2, 0.25) is 0 Å². The summed E-state index contributed by atoms with van der Waals surface area (Å²) in [4.78, 5) is 21.0. The number of carbonyl (C=O) groups is 1. The standard InChI is InChI=1S/C15H14N6O.C8H7F4N/c1-8-9-4-5-21(7-22)11(9)3-2-10(8)13-12-14(16)17-6-18-15(12)20-19-13;1-13-7-4-5(8(10,11)12)2-3-6(7)9/h2-3,6-7H,4-5H2,1H3,(H3,16,17,18,19,20);2-4,13H,1H3. The molecule has 5 rings (SSSR count). The van der Waals surface area contributed by atoms with Gasteiger partial charge in [0.05, 0.1) is 22.3 Å². The van der Waals surface area contributed by atoms with E-state index in [0.29, 0.717) is 17.5 Å². The first-order chi connectivity index (χ1) is 16.7. The van der Waals surface area contributed by atoms with Crippen LogP contribution in [0.1, 0.15) is 16.7 Å². The Labute approximate surface area is 197 Å². The number of fused-ring (bicyclic) bond motifs is 2. The van der Waals surface area contributed by atoms with E-state index < -0.39 is 17.6 Å². The van der Waals surface area contributed by atoms with Crippen molar-refractivity contribution in [3.63, 3.8) is 0 Å². The number of hydrogen-bond donors (Lipinski definition) is 3. The van der Waals surface area contributed by atoms with Crippen molar-refractivity contribution < 1.29 is 22.4 Å². The first-order valence-corrected chi connectivity index (χ1v) is 10.5. The number of anilines is 3. The minimum absolute atomic E-state index is 0.158. The van der Waals surface area contributed by atoms with Crippen LogP contribution in [0.25, 0.3) is 22.3 Å². The maximum atomic E-state index is 12.7. The van der Waals surface area contributed by atoms with E-state index in [9.17, 15) is 22.4 Å². The molecule has 0 fully saturated rings. The van der Waals surface area contributed by atoms with Gasteiger partial charge in [-0.25, -0.2) is 14.4 Å². The molecule has 8 nitrogen and oxygen atoms in total. The van der Waals surface area contributed by atoms with Crippen LogP contribution in [0.3, 0.4) is 0 Å². The van der Waals surface area contributed by atoms with Crippen molar-refractivity contribution in [2.75, 3.05) is 29.5 Å². The minimum Gasteiger partial charge on any atom is -0.386 e. The molecule has 2 aromatic heterocycles. The average molecular weight is 487 g/mol. The molecular weight excluding hydrogens is 466 g/mol. The average Bonchev–Trinajstić information content (AvgIpc) is 3.45. The van der Waals surface area contributed by atoms with Crippen molar-refractivity contribution in [1.29, 1.82) is 0 Å². The quantitative estimate of drug-likeness (QED) is 0.293. The normalized spacial score (nSPS) is 12.8. The van der Waals surface area contributed by atoms with E-state index in [-0.39, 0.29) is 5.69 Å². The number of H-pyrrole nitrogens is 1. The van der Waals surface area contributed by atoms with E-state index in [4.69, 9.17) is 5.73 Å². The number of nitrogen functional groups attached to an aromatic ring is 1. The van der Waals surface area contributed by atoms with Gasteiger partial charge >= 0.3 is 6.18 Å². The van der Waals surface area contributed by atoms with Gasteiger partial charge in [0.1, 0.15) is 18.0 Å². The Kier molecular flexibility index (Phi) is 6.29. The highest BCUT2D eigenvalue weighted by molar-refractivity contribution is 5.99. The molecule has 0 unspecified atom stereocenters. The summed E-state index contributed by atoms with van der Waals surface area (Å²) in [6.45, 7) is 2.77. The molecule has 35 heavy (non-hydrogen) atoms. The number of benzene rings is 2. The summed E-state index contributed by atoms with van der Waals surface area (Å²) in [5, 5.41) is 10.3. The highest BCUT2D eigenvalue weighted by Crippen LogP contribution is 2.38. The molecule has 0 saturated carbocycles.